The highest BCUT2D eigenvalue weighted by atomic mass is 16.4. The number of likely N-dealkylation sites (tertiary alicyclic amines) is 1. The molecular weight excluding hydrogens is 274 g/mol. The van der Waals surface area contributed by atoms with Crippen molar-refractivity contribution in [1.82, 2.24) is 10.2 Å². The van der Waals surface area contributed by atoms with Crippen molar-refractivity contribution >= 4 is 17.9 Å². The Labute approximate surface area is 123 Å². The molecule has 7 heteroatoms. The molecule has 1 saturated heterocycles. The van der Waals surface area contributed by atoms with Crippen molar-refractivity contribution in [2.75, 3.05) is 13.1 Å². The molecule has 1 saturated carbocycles. The zero-order chi connectivity index (χ0) is 15.4. The maximum Gasteiger partial charge on any atom is 0.317 e. The van der Waals surface area contributed by atoms with Crippen molar-refractivity contribution in [3.8, 4) is 0 Å². The van der Waals surface area contributed by atoms with E-state index in [4.69, 9.17) is 10.8 Å². The zero-order valence-corrected chi connectivity index (χ0v) is 12.1. The summed E-state index contributed by atoms with van der Waals surface area (Å²) < 4.78 is 0. The summed E-state index contributed by atoms with van der Waals surface area (Å²) in [7, 11) is 0. The van der Waals surface area contributed by atoms with E-state index in [1.165, 1.54) is 0 Å². The lowest BCUT2D eigenvalue weighted by Gasteiger charge is -2.32. The molecule has 0 aromatic heterocycles. The molecule has 0 radical (unpaired) electrons. The van der Waals surface area contributed by atoms with E-state index in [1.54, 1.807) is 4.90 Å². The average molecular weight is 297 g/mol. The van der Waals surface area contributed by atoms with Gasteiger partial charge in [0.05, 0.1) is 5.92 Å². The van der Waals surface area contributed by atoms with Gasteiger partial charge < -0.3 is 21.1 Å². The summed E-state index contributed by atoms with van der Waals surface area (Å²) >= 11 is 0. The fraction of sp³-hybridized carbons (Fsp3) is 0.786. The lowest BCUT2D eigenvalue weighted by atomic mass is 9.93. The summed E-state index contributed by atoms with van der Waals surface area (Å²) in [5, 5.41) is 11.9. The number of carboxylic acids is 1. The molecular formula is C14H23N3O4. The second-order valence-corrected chi connectivity index (χ2v) is 6.10. The molecule has 0 unspecified atom stereocenters. The van der Waals surface area contributed by atoms with Gasteiger partial charge >= 0.3 is 12.0 Å². The molecule has 1 heterocycles. The SMILES string of the molecule is NC(=O)CC1CCN(C(=O)N[C@H]2CC[C@@H](C(=O)O)C2)CC1. The topological polar surface area (TPSA) is 113 Å². The number of carboxylic acid groups (broad SMARTS) is 1. The highest BCUT2D eigenvalue weighted by molar-refractivity contribution is 5.76. The molecule has 4 N–H and O–H groups in total. The first-order chi connectivity index (χ1) is 9.95. The van der Waals surface area contributed by atoms with E-state index in [1.807, 2.05) is 0 Å². The molecule has 7 nitrogen and oxygen atoms in total. The molecule has 3 amide bonds. The molecule has 0 spiro atoms. The van der Waals surface area contributed by atoms with E-state index in [9.17, 15) is 14.4 Å². The van der Waals surface area contributed by atoms with Crippen molar-refractivity contribution in [2.24, 2.45) is 17.6 Å². The van der Waals surface area contributed by atoms with E-state index in [0.29, 0.717) is 32.4 Å². The van der Waals surface area contributed by atoms with Gasteiger partial charge in [0.15, 0.2) is 0 Å². The summed E-state index contributed by atoms with van der Waals surface area (Å²) in [5.41, 5.74) is 5.18. The first-order valence-electron chi connectivity index (χ1n) is 7.52. The number of nitrogens with zero attached hydrogens (tertiary/aromatic N) is 1. The molecule has 2 fully saturated rings. The lowest BCUT2D eigenvalue weighted by Crippen LogP contribution is -2.47. The first kappa shape index (κ1) is 15.6. The third kappa shape index (κ3) is 4.34. The largest absolute Gasteiger partial charge is 0.481 e. The number of carbonyl (C=O) groups excluding carboxylic acids is 2. The third-order valence-electron chi connectivity index (χ3n) is 4.50. The predicted molar refractivity (Wildman–Crippen MR) is 75.4 cm³/mol. The minimum absolute atomic E-state index is 0.0399. The number of hydrogen-bond acceptors (Lipinski definition) is 3. The van der Waals surface area contributed by atoms with Crippen LogP contribution in [-0.4, -0.2) is 47.0 Å². The maximum atomic E-state index is 12.1. The molecule has 1 aliphatic heterocycles. The van der Waals surface area contributed by atoms with E-state index >= 15 is 0 Å². The fourth-order valence-electron chi connectivity index (χ4n) is 3.23. The van der Waals surface area contributed by atoms with Gasteiger partial charge in [-0.2, -0.15) is 0 Å². The number of urea groups is 1. The zero-order valence-electron chi connectivity index (χ0n) is 12.1. The summed E-state index contributed by atoms with van der Waals surface area (Å²) in [4.78, 5) is 35.7. The highest BCUT2D eigenvalue weighted by Crippen LogP contribution is 2.26. The second kappa shape index (κ2) is 6.78. The van der Waals surface area contributed by atoms with Crippen LogP contribution in [0.3, 0.4) is 0 Å². The van der Waals surface area contributed by atoms with Crippen molar-refractivity contribution in [3.05, 3.63) is 0 Å². The smallest absolute Gasteiger partial charge is 0.317 e. The van der Waals surface area contributed by atoms with Gasteiger partial charge in [0, 0.05) is 25.6 Å². The van der Waals surface area contributed by atoms with Crippen LogP contribution in [0.15, 0.2) is 0 Å². The molecule has 2 rings (SSSR count). The molecule has 0 bridgehead atoms. The fourth-order valence-corrected chi connectivity index (χ4v) is 3.23. The van der Waals surface area contributed by atoms with Crippen molar-refractivity contribution in [3.63, 3.8) is 0 Å². The van der Waals surface area contributed by atoms with Crippen molar-refractivity contribution in [1.29, 1.82) is 0 Å². The second-order valence-electron chi connectivity index (χ2n) is 6.10. The molecule has 0 aromatic carbocycles. The quantitative estimate of drug-likeness (QED) is 0.702. The minimum atomic E-state index is -0.779. The lowest BCUT2D eigenvalue weighted by molar-refractivity contribution is -0.141. The average Bonchev–Trinajstić information content (AvgIpc) is 2.87. The molecule has 0 aromatic rings. The van der Waals surface area contributed by atoms with E-state index in [-0.39, 0.29) is 29.8 Å². The number of aliphatic carboxylic acids is 1. The summed E-state index contributed by atoms with van der Waals surface area (Å²) in [6.07, 6.45) is 3.83. The number of rotatable bonds is 4. The predicted octanol–water partition coefficient (Wildman–Crippen LogP) is 0.537. The van der Waals surface area contributed by atoms with Crippen LogP contribution in [0, 0.1) is 11.8 Å². The van der Waals surface area contributed by atoms with Crippen molar-refractivity contribution in [2.45, 2.75) is 44.6 Å². The Hall–Kier alpha value is -1.79. The van der Waals surface area contributed by atoms with Crippen LogP contribution in [0.4, 0.5) is 4.79 Å². The van der Waals surface area contributed by atoms with Gasteiger partial charge in [-0.25, -0.2) is 4.79 Å². The van der Waals surface area contributed by atoms with E-state index in [2.05, 4.69) is 5.32 Å². The van der Waals surface area contributed by atoms with Gasteiger partial charge in [-0.15, -0.1) is 0 Å². The van der Waals surface area contributed by atoms with Gasteiger partial charge in [0.25, 0.3) is 0 Å². The van der Waals surface area contributed by atoms with Crippen LogP contribution >= 0.6 is 0 Å². The Morgan fingerprint density at radius 3 is 2.33 bits per heavy atom. The normalized spacial score (nSPS) is 26.6. The first-order valence-corrected chi connectivity index (χ1v) is 7.52. The van der Waals surface area contributed by atoms with Gasteiger partial charge in [-0.3, -0.25) is 9.59 Å². The number of piperidine rings is 1. The van der Waals surface area contributed by atoms with Crippen LogP contribution in [-0.2, 0) is 9.59 Å². The number of nitrogens with two attached hydrogens (primary N) is 1. The maximum absolute atomic E-state index is 12.1. The monoisotopic (exact) mass is 297 g/mol. The Morgan fingerprint density at radius 2 is 1.81 bits per heavy atom. The minimum Gasteiger partial charge on any atom is -0.481 e. The Morgan fingerprint density at radius 1 is 1.14 bits per heavy atom. The van der Waals surface area contributed by atoms with Crippen molar-refractivity contribution < 1.29 is 19.5 Å². The standard InChI is InChI=1S/C14H23N3O4/c15-12(18)7-9-3-5-17(6-4-9)14(21)16-11-2-1-10(8-11)13(19)20/h9-11H,1-8H2,(H2,15,18)(H,16,21)(H,19,20)/t10-,11+/m1/s1. The molecule has 2 atom stereocenters. The van der Waals surface area contributed by atoms with Gasteiger partial charge in [-0.05, 0) is 38.0 Å². The molecule has 21 heavy (non-hydrogen) atoms. The van der Waals surface area contributed by atoms with Crippen LogP contribution in [0.1, 0.15) is 38.5 Å². The Kier molecular flexibility index (Phi) is 5.03. The van der Waals surface area contributed by atoms with E-state index < -0.39 is 5.97 Å². The van der Waals surface area contributed by atoms with Gasteiger partial charge in [0.1, 0.15) is 0 Å². The molecule has 118 valence electrons. The number of carbonyl (C=O) groups is 3. The van der Waals surface area contributed by atoms with Crippen LogP contribution < -0.4 is 11.1 Å². The third-order valence-corrected chi connectivity index (χ3v) is 4.50. The molecule has 1 aliphatic carbocycles. The number of hydrogen-bond donors (Lipinski definition) is 3. The number of nitrogens with one attached hydrogen (secondary N) is 1. The number of amides is 3. The molecule has 2 aliphatic rings. The van der Waals surface area contributed by atoms with Crippen LogP contribution in [0.5, 0.6) is 0 Å². The Balaban J connectivity index is 1.73. The van der Waals surface area contributed by atoms with Gasteiger partial charge in [-0.1, -0.05) is 0 Å². The van der Waals surface area contributed by atoms with Crippen LogP contribution in [0.25, 0.3) is 0 Å². The Bertz CT molecular complexity index is 418. The van der Waals surface area contributed by atoms with Gasteiger partial charge in [0.2, 0.25) is 5.91 Å². The summed E-state index contributed by atoms with van der Waals surface area (Å²) in [5.74, 6) is -1.13. The van der Waals surface area contributed by atoms with Crippen LogP contribution in [0.2, 0.25) is 0 Å². The summed E-state index contributed by atoms with van der Waals surface area (Å²) in [6.45, 7) is 1.25. The van der Waals surface area contributed by atoms with E-state index in [0.717, 1.165) is 19.3 Å². The highest BCUT2D eigenvalue weighted by Gasteiger charge is 2.32. The number of primary amides is 1. The summed E-state index contributed by atoms with van der Waals surface area (Å²) in [6, 6.07) is -0.162.